The molecule has 220 valence electrons. The Bertz CT molecular complexity index is 1590. The number of furan rings is 1. The smallest absolute Gasteiger partial charge is 0.240 e. The highest BCUT2D eigenvalue weighted by molar-refractivity contribution is 8.00. The minimum absolute atomic E-state index is 0.160. The average Bonchev–Trinajstić information content (AvgIpc) is 3.60. The van der Waals surface area contributed by atoms with E-state index in [2.05, 4.69) is 26.1 Å². The highest BCUT2D eigenvalue weighted by Gasteiger charge is 2.40. The van der Waals surface area contributed by atoms with Crippen molar-refractivity contribution in [1.82, 2.24) is 15.1 Å². The average molecular weight is 589 g/mol. The summed E-state index contributed by atoms with van der Waals surface area (Å²) in [6, 6.07) is 17.4. The molecule has 4 aromatic rings. The fourth-order valence-corrected chi connectivity index (χ4v) is 6.28. The number of ether oxygens (including phenoxy) is 2. The zero-order chi connectivity index (χ0) is 30.0. The number of anilines is 1. The number of carbonyl (C=O) groups is 2. The third-order valence-electron chi connectivity index (χ3n) is 7.10. The standard InChI is InChI=1S/C32H36N4O5S/c1-20-9-7-10-22(15-20)36-31-28(30(34-36)32(2,3)4)29(21-12-13-24(39-5)25(16-21)40-6)42-19-27(38)35(31)18-26(37)33-17-23-11-8-14-41-23/h7-16,29H,17-19H2,1-6H3,(H,33,37). The van der Waals surface area contributed by atoms with E-state index in [1.54, 1.807) is 37.5 Å². The zero-order valence-electron chi connectivity index (χ0n) is 24.8. The molecule has 0 bridgehead atoms. The molecule has 0 fully saturated rings. The molecule has 0 spiro atoms. The van der Waals surface area contributed by atoms with Crippen molar-refractivity contribution in [2.75, 3.05) is 31.4 Å². The maximum atomic E-state index is 13.9. The van der Waals surface area contributed by atoms with Gasteiger partial charge in [0.05, 0.1) is 49.4 Å². The lowest BCUT2D eigenvalue weighted by Crippen LogP contribution is -2.42. The molecule has 1 N–H and O–H groups in total. The molecular formula is C32H36N4O5S. The lowest BCUT2D eigenvalue weighted by atomic mass is 9.87. The van der Waals surface area contributed by atoms with E-state index in [1.807, 2.05) is 54.1 Å². The number of rotatable bonds is 8. The number of hydrogen-bond acceptors (Lipinski definition) is 7. The van der Waals surface area contributed by atoms with Gasteiger partial charge in [0.25, 0.3) is 0 Å². The maximum absolute atomic E-state index is 13.9. The van der Waals surface area contributed by atoms with Crippen LogP contribution in [0.15, 0.2) is 65.3 Å². The first-order chi connectivity index (χ1) is 20.1. The lowest BCUT2D eigenvalue weighted by Gasteiger charge is -2.25. The van der Waals surface area contributed by atoms with Gasteiger partial charge in [-0.15, -0.1) is 11.8 Å². The van der Waals surface area contributed by atoms with E-state index in [1.165, 1.54) is 11.8 Å². The van der Waals surface area contributed by atoms with Crippen LogP contribution in [0.4, 0.5) is 5.82 Å². The van der Waals surface area contributed by atoms with E-state index < -0.39 is 0 Å². The molecule has 1 atom stereocenters. The Kier molecular flexibility index (Phi) is 8.36. The van der Waals surface area contributed by atoms with Crippen molar-refractivity contribution in [1.29, 1.82) is 0 Å². The van der Waals surface area contributed by atoms with Gasteiger partial charge in [-0.1, -0.05) is 39.0 Å². The van der Waals surface area contributed by atoms with E-state index in [-0.39, 0.29) is 41.3 Å². The molecule has 1 aliphatic heterocycles. The number of thioether (sulfide) groups is 1. The van der Waals surface area contributed by atoms with Gasteiger partial charge in [-0.3, -0.25) is 14.5 Å². The summed E-state index contributed by atoms with van der Waals surface area (Å²) in [4.78, 5) is 28.7. The molecule has 10 heteroatoms. The van der Waals surface area contributed by atoms with Gasteiger partial charge in [0.1, 0.15) is 18.1 Å². The summed E-state index contributed by atoms with van der Waals surface area (Å²) in [7, 11) is 3.21. The number of amides is 2. The summed E-state index contributed by atoms with van der Waals surface area (Å²) in [5.41, 5.74) is 4.20. The summed E-state index contributed by atoms with van der Waals surface area (Å²) < 4.78 is 18.3. The number of carbonyl (C=O) groups excluding carboxylic acids is 2. The summed E-state index contributed by atoms with van der Waals surface area (Å²) >= 11 is 1.52. The number of methoxy groups -OCH3 is 2. The number of fused-ring (bicyclic) bond motifs is 1. The van der Waals surface area contributed by atoms with Crippen LogP contribution in [0.2, 0.25) is 0 Å². The molecule has 5 rings (SSSR count). The summed E-state index contributed by atoms with van der Waals surface area (Å²) in [6.07, 6.45) is 1.56. The third-order valence-corrected chi connectivity index (χ3v) is 8.35. The van der Waals surface area contributed by atoms with Crippen LogP contribution in [-0.4, -0.2) is 48.1 Å². The second-order valence-electron chi connectivity index (χ2n) is 11.2. The van der Waals surface area contributed by atoms with E-state index in [9.17, 15) is 9.59 Å². The highest BCUT2D eigenvalue weighted by Crippen LogP contribution is 2.49. The van der Waals surface area contributed by atoms with Crippen LogP contribution in [0.3, 0.4) is 0 Å². The first-order valence-corrected chi connectivity index (χ1v) is 14.8. The molecule has 0 aliphatic carbocycles. The van der Waals surface area contributed by atoms with Crippen LogP contribution in [0.5, 0.6) is 11.5 Å². The molecule has 3 heterocycles. The molecule has 0 saturated carbocycles. The Morgan fingerprint density at radius 3 is 2.55 bits per heavy atom. The van der Waals surface area contributed by atoms with Crippen LogP contribution in [0.1, 0.15) is 54.2 Å². The van der Waals surface area contributed by atoms with Crippen molar-refractivity contribution in [3.63, 3.8) is 0 Å². The Labute approximate surface area is 250 Å². The van der Waals surface area contributed by atoms with Gasteiger partial charge < -0.3 is 19.2 Å². The molecular weight excluding hydrogens is 552 g/mol. The Balaban J connectivity index is 1.69. The minimum atomic E-state index is -0.366. The van der Waals surface area contributed by atoms with Gasteiger partial charge in [-0.05, 0) is 54.4 Å². The predicted molar refractivity (Wildman–Crippen MR) is 164 cm³/mol. The summed E-state index contributed by atoms with van der Waals surface area (Å²) in [5.74, 6) is 2.16. The zero-order valence-corrected chi connectivity index (χ0v) is 25.6. The molecule has 2 amide bonds. The van der Waals surface area contributed by atoms with Crippen LogP contribution in [0, 0.1) is 6.92 Å². The molecule has 0 radical (unpaired) electrons. The van der Waals surface area contributed by atoms with Crippen LogP contribution < -0.4 is 19.7 Å². The number of nitrogens with one attached hydrogen (secondary N) is 1. The van der Waals surface area contributed by atoms with Crippen LogP contribution in [-0.2, 0) is 21.5 Å². The van der Waals surface area contributed by atoms with Crippen molar-refractivity contribution in [2.24, 2.45) is 0 Å². The van der Waals surface area contributed by atoms with Gasteiger partial charge in [0.15, 0.2) is 11.5 Å². The Morgan fingerprint density at radius 1 is 1.10 bits per heavy atom. The van der Waals surface area contributed by atoms with Gasteiger partial charge in [0, 0.05) is 11.0 Å². The third kappa shape index (κ3) is 5.90. The molecule has 2 aromatic carbocycles. The van der Waals surface area contributed by atoms with Gasteiger partial charge in [0.2, 0.25) is 11.8 Å². The van der Waals surface area contributed by atoms with Gasteiger partial charge in [-0.25, -0.2) is 4.68 Å². The van der Waals surface area contributed by atoms with Gasteiger partial charge >= 0.3 is 0 Å². The summed E-state index contributed by atoms with van der Waals surface area (Å²) in [6.45, 7) is 8.42. The normalized spacial score (nSPS) is 15.2. The Hall–Kier alpha value is -4.18. The molecule has 9 nitrogen and oxygen atoms in total. The Morgan fingerprint density at radius 2 is 1.88 bits per heavy atom. The van der Waals surface area contributed by atoms with Crippen molar-refractivity contribution >= 4 is 29.4 Å². The lowest BCUT2D eigenvalue weighted by molar-refractivity contribution is -0.123. The summed E-state index contributed by atoms with van der Waals surface area (Å²) in [5, 5.41) is 7.78. The maximum Gasteiger partial charge on any atom is 0.240 e. The first kappa shape index (κ1) is 29.3. The van der Waals surface area contributed by atoms with Gasteiger partial charge in [-0.2, -0.15) is 5.10 Å². The second-order valence-corrected chi connectivity index (χ2v) is 12.3. The molecule has 1 unspecified atom stereocenters. The molecule has 42 heavy (non-hydrogen) atoms. The van der Waals surface area contributed by atoms with Crippen molar-refractivity contribution in [2.45, 2.75) is 44.9 Å². The first-order valence-electron chi connectivity index (χ1n) is 13.7. The number of aryl methyl sites for hydroxylation is 1. The second kappa shape index (κ2) is 12.0. The quantitative estimate of drug-likeness (QED) is 0.287. The fourth-order valence-electron chi connectivity index (χ4n) is 5.09. The van der Waals surface area contributed by atoms with Crippen LogP contribution in [0.25, 0.3) is 5.69 Å². The van der Waals surface area contributed by atoms with E-state index >= 15 is 0 Å². The molecule has 0 saturated heterocycles. The van der Waals surface area contributed by atoms with E-state index in [4.69, 9.17) is 19.0 Å². The number of nitrogens with zero attached hydrogens (tertiary/aromatic N) is 3. The minimum Gasteiger partial charge on any atom is -0.493 e. The van der Waals surface area contributed by atoms with Crippen LogP contribution >= 0.6 is 11.8 Å². The van der Waals surface area contributed by atoms with Crippen molar-refractivity contribution in [3.8, 4) is 17.2 Å². The predicted octanol–water partition coefficient (Wildman–Crippen LogP) is 5.57. The van der Waals surface area contributed by atoms with E-state index in [0.29, 0.717) is 23.1 Å². The number of hydrogen-bond donors (Lipinski definition) is 1. The number of benzene rings is 2. The highest BCUT2D eigenvalue weighted by atomic mass is 32.2. The largest absolute Gasteiger partial charge is 0.493 e. The molecule has 2 aromatic heterocycles. The molecule has 1 aliphatic rings. The van der Waals surface area contributed by atoms with E-state index in [0.717, 1.165) is 28.1 Å². The SMILES string of the molecule is COc1ccc(C2SCC(=O)N(CC(=O)NCc3ccco3)c3c2c(C(C)(C)C)nn3-c2cccc(C)c2)cc1OC. The number of aromatic nitrogens is 2. The van der Waals surface area contributed by atoms with Crippen molar-refractivity contribution in [3.05, 3.63) is 89.0 Å². The monoisotopic (exact) mass is 588 g/mol. The topological polar surface area (TPSA) is 98.8 Å². The van der Waals surface area contributed by atoms with Crippen molar-refractivity contribution < 1.29 is 23.5 Å². The fraction of sp³-hybridized carbons (Fsp3) is 0.344.